The second-order valence-electron chi connectivity index (χ2n) is 28.5. The molecule has 8 aliphatic rings. The van der Waals surface area contributed by atoms with E-state index in [4.69, 9.17) is 72.6 Å². The number of likely N-dealkylation sites (N-methyl/N-ethyl adjacent to an activating group) is 1. The van der Waals surface area contributed by atoms with Crippen LogP contribution in [0.5, 0.6) is 46.0 Å². The minimum Gasteiger partial charge on any atom is -0.508 e. The highest BCUT2D eigenvalue weighted by Gasteiger charge is 2.53. The van der Waals surface area contributed by atoms with Crippen molar-refractivity contribution in [3.63, 3.8) is 0 Å². The molecular weight excluding hydrogens is 1530 g/mol. The lowest BCUT2D eigenvalue weighted by Gasteiger charge is -2.45. The number of fused-ring (bicyclic) bond motifs is 15. The number of carbonyl (C=O) groups excluding carboxylic acids is 7. The van der Waals surface area contributed by atoms with Gasteiger partial charge in [-0.05, 0) is 110 Å². The first-order chi connectivity index (χ1) is 52.9. The lowest BCUT2D eigenvalue weighted by atomic mass is 9.86. The molecule has 0 aromatic heterocycles. The van der Waals surface area contributed by atoms with Crippen LogP contribution < -0.4 is 62.9 Å². The summed E-state index contributed by atoms with van der Waals surface area (Å²) in [6.45, 7) is 4.46. The number of benzene rings is 5. The van der Waals surface area contributed by atoms with Crippen LogP contribution in [-0.2, 0) is 62.0 Å². The molecule has 11 bridgehead atoms. The van der Waals surface area contributed by atoms with Gasteiger partial charge in [0.15, 0.2) is 30.1 Å². The fraction of sp³-hybridized carbons (Fsp3) is 0.472. The summed E-state index contributed by atoms with van der Waals surface area (Å²) in [7, 11) is 1.46. The van der Waals surface area contributed by atoms with Crippen molar-refractivity contribution in [3.8, 4) is 57.1 Å². The first kappa shape index (κ1) is 83.5. The molecule has 13 rings (SSSR count). The third kappa shape index (κ3) is 17.5. The number of aliphatic hydroxyl groups is 9. The number of hydrogen-bond acceptors (Lipinski definition) is 30. The predicted octanol–water partition coefficient (Wildman–Crippen LogP) is -2.07. The first-order valence-corrected chi connectivity index (χ1v) is 35.9. The molecule has 23 atom stereocenters. The number of nitrogens with one attached hydrogen (secondary N) is 7. The van der Waals surface area contributed by atoms with Gasteiger partial charge in [0, 0.05) is 34.7 Å². The summed E-state index contributed by atoms with van der Waals surface area (Å²) in [6.07, 6.45) is -29.6. The maximum absolute atomic E-state index is 16.3. The van der Waals surface area contributed by atoms with Crippen LogP contribution in [0, 0.1) is 5.92 Å². The van der Waals surface area contributed by atoms with Gasteiger partial charge in [-0.1, -0.05) is 55.2 Å². The van der Waals surface area contributed by atoms with Gasteiger partial charge in [-0.15, -0.1) is 0 Å². The van der Waals surface area contributed by atoms with Crippen LogP contribution in [0.3, 0.4) is 0 Å². The molecule has 606 valence electrons. The molecule has 38 nitrogen and oxygen atoms in total. The molecule has 8 heterocycles. The SMILES string of the molecule is CN[C@H](CC(C)C)C(=O)N[C@H]1C(=O)N[C@@H](CC(N)=O)C(=O)N[C@H]2C(=O)N[C@H]3C(=O)N[C@H](C(=O)N[C@@H](C(=O)O)c4cc(O)cc(O)c4-c4cc3ccc4O)[C@H](OC3C[C@](C)(N)[C@@H](O)[C@H](C)O3)c3ccc(c(Cl)c3)Oc3cc2cc(c3O[C@@H]2O[C@H](CO)[C@@H](O[C@@H]3O[C@H](CO)[C@H](O)[C@H](O)[C@H]3O)[C@H](O)[C@H]2O)Oc2ccc(cc2Cl)[C@H]1O. The van der Waals surface area contributed by atoms with E-state index in [1.807, 2.05) is 0 Å². The van der Waals surface area contributed by atoms with E-state index >= 15 is 19.2 Å². The maximum atomic E-state index is 16.3. The summed E-state index contributed by atoms with van der Waals surface area (Å²) in [4.78, 5) is 119. The highest BCUT2D eigenvalue weighted by Crippen LogP contribution is 2.50. The number of carboxylic acids is 1. The number of halogens is 2. The van der Waals surface area contributed by atoms with Gasteiger partial charge in [0.1, 0.15) is 120 Å². The number of aliphatic carboxylic acids is 1. The molecular formula is C72H85Cl2N9O29. The van der Waals surface area contributed by atoms with E-state index in [1.54, 1.807) is 13.8 Å². The van der Waals surface area contributed by atoms with Crippen LogP contribution >= 0.6 is 23.2 Å². The molecule has 3 saturated heterocycles. The monoisotopic (exact) mass is 1610 g/mol. The second kappa shape index (κ2) is 34.1. The number of phenolic OH excluding ortho intramolecular Hbond substituents is 3. The van der Waals surface area contributed by atoms with E-state index in [0.29, 0.717) is 0 Å². The molecule has 5 aromatic carbocycles. The Morgan fingerprint density at radius 1 is 0.652 bits per heavy atom. The second-order valence-corrected chi connectivity index (χ2v) is 29.3. The third-order valence-corrected chi connectivity index (χ3v) is 20.5. The Labute approximate surface area is 646 Å². The van der Waals surface area contributed by atoms with Gasteiger partial charge >= 0.3 is 5.97 Å². The maximum Gasteiger partial charge on any atom is 0.330 e. The highest BCUT2D eigenvalue weighted by atomic mass is 35.5. The average molecular weight is 1610 g/mol. The number of hydrogen-bond donors (Lipinski definition) is 22. The van der Waals surface area contributed by atoms with E-state index in [-0.39, 0.29) is 29.9 Å². The van der Waals surface area contributed by atoms with E-state index < -0.39 is 291 Å². The van der Waals surface area contributed by atoms with E-state index in [9.17, 15) is 85.6 Å². The molecule has 1 unspecified atom stereocenters. The molecule has 112 heavy (non-hydrogen) atoms. The van der Waals surface area contributed by atoms with E-state index in [1.165, 1.54) is 33.0 Å². The Kier molecular flexibility index (Phi) is 25.4. The van der Waals surface area contributed by atoms with Crippen molar-refractivity contribution in [1.29, 1.82) is 0 Å². The first-order valence-electron chi connectivity index (χ1n) is 35.1. The van der Waals surface area contributed by atoms with Gasteiger partial charge in [-0.25, -0.2) is 4.79 Å². The lowest BCUT2D eigenvalue weighted by molar-refractivity contribution is -0.352. The van der Waals surface area contributed by atoms with Crippen LogP contribution in [0.25, 0.3) is 11.1 Å². The number of carbonyl (C=O) groups is 8. The van der Waals surface area contributed by atoms with Crippen LogP contribution in [-0.4, -0.2) is 244 Å². The van der Waals surface area contributed by atoms with Crippen molar-refractivity contribution in [2.45, 2.75) is 187 Å². The number of rotatable bonds is 16. The number of primary amides is 1. The quantitative estimate of drug-likeness (QED) is 0.0505. The van der Waals surface area contributed by atoms with E-state index in [2.05, 4.69) is 37.2 Å². The molecule has 0 spiro atoms. The molecule has 5 aromatic rings. The third-order valence-electron chi connectivity index (χ3n) is 19.9. The van der Waals surface area contributed by atoms with Crippen molar-refractivity contribution in [2.75, 3.05) is 20.3 Å². The minimum absolute atomic E-state index is 0.126. The molecule has 0 aliphatic carbocycles. The fourth-order valence-corrected chi connectivity index (χ4v) is 14.4. The number of ether oxygens (including phenoxy) is 8. The highest BCUT2D eigenvalue weighted by molar-refractivity contribution is 6.32. The Bertz CT molecular complexity index is 4430. The number of phenols is 3. The summed E-state index contributed by atoms with van der Waals surface area (Å²) in [5, 5.41) is 163. The predicted molar refractivity (Wildman–Crippen MR) is 382 cm³/mol. The Morgan fingerprint density at radius 2 is 1.25 bits per heavy atom. The van der Waals surface area contributed by atoms with Gasteiger partial charge in [-0.2, -0.15) is 0 Å². The van der Waals surface area contributed by atoms with Crippen LogP contribution in [0.1, 0.15) is 105 Å². The molecule has 24 N–H and O–H groups in total. The normalized spacial score (nSPS) is 31.9. The zero-order valence-electron chi connectivity index (χ0n) is 60.1. The summed E-state index contributed by atoms with van der Waals surface area (Å²) in [5.74, 6) is -16.7. The average Bonchev–Trinajstić information content (AvgIpc) is 0.765. The van der Waals surface area contributed by atoms with Crippen LogP contribution in [0.4, 0.5) is 0 Å². The smallest absolute Gasteiger partial charge is 0.330 e. The number of aromatic hydroxyl groups is 3. The van der Waals surface area contributed by atoms with Gasteiger partial charge in [0.2, 0.25) is 53.4 Å². The summed E-state index contributed by atoms with van der Waals surface area (Å²) < 4.78 is 49.9. The van der Waals surface area contributed by atoms with Crippen LogP contribution in [0.15, 0.2) is 78.9 Å². The molecule has 3 fully saturated rings. The molecule has 40 heteroatoms. The number of carboxylic acid groups (broad SMARTS) is 1. The Balaban J connectivity index is 1.16. The minimum atomic E-state index is -2.42. The molecule has 0 radical (unpaired) electrons. The van der Waals surface area contributed by atoms with Crippen molar-refractivity contribution in [3.05, 3.63) is 117 Å². The zero-order chi connectivity index (χ0) is 81.5. The van der Waals surface area contributed by atoms with Gasteiger partial charge in [0.25, 0.3) is 0 Å². The van der Waals surface area contributed by atoms with Crippen molar-refractivity contribution in [2.24, 2.45) is 17.4 Å². The summed E-state index contributed by atoms with van der Waals surface area (Å²) >= 11 is 14.4. The number of amides is 7. The molecule has 8 aliphatic heterocycles. The van der Waals surface area contributed by atoms with Crippen molar-refractivity contribution in [1.82, 2.24) is 37.2 Å². The molecule has 0 saturated carbocycles. The van der Waals surface area contributed by atoms with Crippen molar-refractivity contribution < 1.29 is 143 Å². The van der Waals surface area contributed by atoms with Gasteiger partial charge in [-0.3, -0.25) is 33.6 Å². The Morgan fingerprint density at radius 3 is 1.86 bits per heavy atom. The zero-order valence-corrected chi connectivity index (χ0v) is 61.6. The Hall–Kier alpha value is -9.40. The van der Waals surface area contributed by atoms with Crippen molar-refractivity contribution >= 4 is 70.5 Å². The standard InChI is InChI=1S/C72H85Cl2N9O29/c1-24(2)12-35(77-5)63(97)82-51-53(90)27-7-10-39(33(73)14-27)106-41-16-29-17-42(60(41)111-71-58(95)56(93)61(44(23-85)109-71)112-70-57(94)55(92)54(91)43(22-84)108-70)107-40-11-8-28(15-34(40)74)59(110-46-21-72(4,76)62(96)25(3)105-46)52-68(102)81-50(69(103)104)32-18-30(86)19-38(88)47(32)31-13-26(6-9-37(31)87)48(65(99)83-52)80-66(100)49(29)79-64(98)36(20-45(75)89)78-67(51)101/h6-11,13-19,24-25,35-36,43-44,46,48-59,61-62,70-71,77,84-88,90-96H,12,20-23,76H2,1-5H3,(H2,75,89)(H,78,101)(H,79,98)(H,80,100)(H,81,102)(H,82,97)(H,83,99)(H,103,104)/t25-,35+,36-,43+,44+,46?,48+,49+,50+,51+,52-,53+,54-,55-,56+,57+,58+,59+,61+,62-,70-,71-,72-/m0/s1. The van der Waals surface area contributed by atoms with Gasteiger partial charge in [0.05, 0.1) is 47.9 Å². The lowest BCUT2D eigenvalue weighted by Crippen LogP contribution is -2.65. The largest absolute Gasteiger partial charge is 0.508 e. The summed E-state index contributed by atoms with van der Waals surface area (Å²) in [6, 6.07) is -1.13. The summed E-state index contributed by atoms with van der Waals surface area (Å²) in [5.41, 5.74) is 7.90. The fourth-order valence-electron chi connectivity index (χ4n) is 14.0. The molecule has 7 amide bonds. The van der Waals surface area contributed by atoms with Crippen LogP contribution in [0.2, 0.25) is 10.0 Å². The van der Waals surface area contributed by atoms with E-state index in [0.717, 1.165) is 66.7 Å². The topological polar surface area (TPSA) is 610 Å². The van der Waals surface area contributed by atoms with Gasteiger partial charge < -0.3 is 153 Å². The number of nitrogens with two attached hydrogens (primary N) is 2. The number of aliphatic hydroxyl groups excluding tert-OH is 9.